The Morgan fingerprint density at radius 2 is 2.07 bits per heavy atom. The van der Waals surface area contributed by atoms with Crippen molar-refractivity contribution >= 4 is 11.4 Å². The summed E-state index contributed by atoms with van der Waals surface area (Å²) in [5.41, 5.74) is 3.05. The van der Waals surface area contributed by atoms with Crippen molar-refractivity contribution in [1.82, 2.24) is 0 Å². The van der Waals surface area contributed by atoms with Crippen molar-refractivity contribution < 1.29 is 9.90 Å². The molecule has 0 bridgehead atoms. The Morgan fingerprint density at radius 1 is 1.29 bits per heavy atom. The van der Waals surface area contributed by atoms with Gasteiger partial charge in [-0.15, -0.1) is 0 Å². The van der Waals surface area contributed by atoms with Crippen molar-refractivity contribution in [1.29, 1.82) is 0 Å². The van der Waals surface area contributed by atoms with Gasteiger partial charge in [-0.2, -0.15) is 0 Å². The number of hydrogen-bond donors (Lipinski definition) is 1. The molecule has 0 radical (unpaired) electrons. The second-order valence-electron chi connectivity index (χ2n) is 3.91. The average Bonchev–Trinajstić information content (AvgIpc) is 2.68. The van der Waals surface area contributed by atoms with E-state index in [2.05, 4.69) is 0 Å². The molecule has 14 heavy (non-hydrogen) atoms. The first-order valence-electron chi connectivity index (χ1n) is 4.79. The number of aliphatic hydroxyl groups is 1. The maximum atomic E-state index is 11.2. The van der Waals surface area contributed by atoms with Crippen LogP contribution >= 0.6 is 0 Å². The Labute approximate surface area is 81.9 Å². The summed E-state index contributed by atoms with van der Waals surface area (Å²) in [5.74, 6) is 0.151. The summed E-state index contributed by atoms with van der Waals surface area (Å²) < 4.78 is 0. The number of hydrogen-bond acceptors (Lipinski definition) is 2. The summed E-state index contributed by atoms with van der Waals surface area (Å²) in [4.78, 5) is 11.2. The van der Waals surface area contributed by atoms with Crippen LogP contribution in [0, 0.1) is 5.92 Å². The second-order valence-corrected chi connectivity index (χ2v) is 3.91. The molecule has 2 aliphatic rings. The van der Waals surface area contributed by atoms with Crippen molar-refractivity contribution in [2.24, 2.45) is 5.92 Å². The Balaban J connectivity index is 2.23. The van der Waals surface area contributed by atoms with Crippen molar-refractivity contribution in [2.75, 3.05) is 0 Å². The zero-order valence-electron chi connectivity index (χ0n) is 7.60. The van der Waals surface area contributed by atoms with Crippen molar-refractivity contribution in [3.63, 3.8) is 0 Å². The molecule has 3 rings (SSSR count). The van der Waals surface area contributed by atoms with E-state index >= 15 is 0 Å². The predicted octanol–water partition coefficient (Wildman–Crippen LogP) is 1.71. The molecule has 0 amide bonds. The fourth-order valence-corrected chi connectivity index (χ4v) is 2.46. The second kappa shape index (κ2) is 2.55. The average molecular weight is 186 g/mol. The third kappa shape index (κ3) is 0.863. The number of allylic oxidation sites excluding steroid dienone is 1. The van der Waals surface area contributed by atoms with Crippen molar-refractivity contribution in [3.8, 4) is 0 Å². The van der Waals surface area contributed by atoms with Gasteiger partial charge in [0.1, 0.15) is 0 Å². The predicted molar refractivity (Wildman–Crippen MR) is 52.5 cm³/mol. The third-order valence-corrected chi connectivity index (χ3v) is 3.11. The van der Waals surface area contributed by atoms with Gasteiger partial charge in [-0.05, 0) is 22.8 Å². The highest BCUT2D eigenvalue weighted by Crippen LogP contribution is 2.48. The van der Waals surface area contributed by atoms with Gasteiger partial charge in [-0.3, -0.25) is 4.79 Å². The van der Waals surface area contributed by atoms with E-state index in [1.54, 1.807) is 6.08 Å². The molecule has 2 heteroatoms. The molecule has 70 valence electrons. The van der Waals surface area contributed by atoms with Crippen LogP contribution in [0.2, 0.25) is 0 Å². The normalized spacial score (nSPS) is 28.6. The van der Waals surface area contributed by atoms with Crippen LogP contribution in [0.25, 0.3) is 5.57 Å². The fraction of sp³-hybridized carbons (Fsp3) is 0.250. The lowest BCUT2D eigenvalue weighted by Crippen LogP contribution is -2.05. The minimum Gasteiger partial charge on any atom is -0.388 e. The van der Waals surface area contributed by atoms with E-state index in [-0.39, 0.29) is 11.7 Å². The Bertz CT molecular complexity index is 445. The maximum absolute atomic E-state index is 11.2. The third-order valence-electron chi connectivity index (χ3n) is 3.11. The van der Waals surface area contributed by atoms with E-state index in [4.69, 9.17) is 0 Å². The summed E-state index contributed by atoms with van der Waals surface area (Å²) in [6.45, 7) is 0. The summed E-state index contributed by atoms with van der Waals surface area (Å²) in [7, 11) is 0. The van der Waals surface area contributed by atoms with E-state index < -0.39 is 6.10 Å². The van der Waals surface area contributed by atoms with Gasteiger partial charge in [0, 0.05) is 12.3 Å². The van der Waals surface area contributed by atoms with Gasteiger partial charge < -0.3 is 5.11 Å². The highest BCUT2D eigenvalue weighted by Gasteiger charge is 2.39. The zero-order chi connectivity index (χ0) is 9.71. The maximum Gasteiger partial charge on any atom is 0.156 e. The van der Waals surface area contributed by atoms with Crippen LogP contribution in [-0.4, -0.2) is 10.9 Å². The quantitative estimate of drug-likeness (QED) is 0.669. The monoisotopic (exact) mass is 186 g/mol. The molecule has 2 nitrogen and oxygen atoms in total. The van der Waals surface area contributed by atoms with Gasteiger partial charge >= 0.3 is 0 Å². The Morgan fingerprint density at radius 3 is 2.93 bits per heavy atom. The van der Waals surface area contributed by atoms with Gasteiger partial charge in [0.05, 0.1) is 6.10 Å². The standard InChI is InChI=1S/C12H10O2/c13-7-5-10-8-3-1-2-4-9(8)12(14)11(10)6-7/h1-5,11-12,14H,6H2. The molecule has 1 aromatic rings. The summed E-state index contributed by atoms with van der Waals surface area (Å²) >= 11 is 0. The highest BCUT2D eigenvalue weighted by molar-refractivity contribution is 6.04. The van der Waals surface area contributed by atoms with E-state index in [0.29, 0.717) is 6.42 Å². The molecule has 0 aliphatic heterocycles. The van der Waals surface area contributed by atoms with E-state index in [0.717, 1.165) is 16.7 Å². The van der Waals surface area contributed by atoms with Crippen molar-refractivity contribution in [2.45, 2.75) is 12.5 Å². The SMILES string of the molecule is O=C1C=C2c3ccccc3C(O)C2C1. The molecule has 2 aliphatic carbocycles. The van der Waals surface area contributed by atoms with Crippen LogP contribution < -0.4 is 0 Å². The summed E-state index contributed by atoms with van der Waals surface area (Å²) in [6.07, 6.45) is 1.66. The molecule has 0 fully saturated rings. The number of ketones is 1. The molecular weight excluding hydrogens is 176 g/mol. The highest BCUT2D eigenvalue weighted by atomic mass is 16.3. The molecule has 1 aromatic carbocycles. The molecule has 0 aromatic heterocycles. The van der Waals surface area contributed by atoms with E-state index in [1.165, 1.54) is 0 Å². The van der Waals surface area contributed by atoms with Crippen LogP contribution in [0.1, 0.15) is 23.7 Å². The smallest absolute Gasteiger partial charge is 0.156 e. The molecule has 0 heterocycles. The number of benzene rings is 1. The number of carbonyl (C=O) groups excluding carboxylic acids is 1. The van der Waals surface area contributed by atoms with Crippen LogP contribution in [0.4, 0.5) is 0 Å². The molecule has 2 unspecified atom stereocenters. The minimum absolute atomic E-state index is 0.0138. The zero-order valence-corrected chi connectivity index (χ0v) is 7.60. The Hall–Kier alpha value is -1.41. The first-order valence-corrected chi connectivity index (χ1v) is 4.79. The molecule has 0 saturated heterocycles. The van der Waals surface area contributed by atoms with Crippen LogP contribution in [0.5, 0.6) is 0 Å². The lowest BCUT2D eigenvalue weighted by Gasteiger charge is -2.09. The summed E-state index contributed by atoms with van der Waals surface area (Å²) in [5, 5.41) is 9.98. The van der Waals surface area contributed by atoms with Gasteiger partial charge in [0.2, 0.25) is 0 Å². The molecular formula is C12H10O2. The first-order chi connectivity index (χ1) is 6.77. The Kier molecular flexibility index (Phi) is 1.45. The van der Waals surface area contributed by atoms with Gasteiger partial charge in [-0.25, -0.2) is 0 Å². The van der Waals surface area contributed by atoms with Gasteiger partial charge in [0.15, 0.2) is 5.78 Å². The van der Waals surface area contributed by atoms with Gasteiger partial charge in [-0.1, -0.05) is 24.3 Å². The fourth-order valence-electron chi connectivity index (χ4n) is 2.46. The lowest BCUT2D eigenvalue weighted by atomic mass is 10.0. The van der Waals surface area contributed by atoms with Gasteiger partial charge in [0.25, 0.3) is 0 Å². The first kappa shape index (κ1) is 7.94. The van der Waals surface area contributed by atoms with Crippen LogP contribution in [-0.2, 0) is 4.79 Å². The number of aliphatic hydroxyl groups excluding tert-OH is 1. The lowest BCUT2D eigenvalue weighted by molar-refractivity contribution is -0.115. The number of rotatable bonds is 0. The topological polar surface area (TPSA) is 37.3 Å². The van der Waals surface area contributed by atoms with Crippen LogP contribution in [0.15, 0.2) is 30.3 Å². The van der Waals surface area contributed by atoms with E-state index in [9.17, 15) is 9.90 Å². The number of carbonyl (C=O) groups is 1. The summed E-state index contributed by atoms with van der Waals surface area (Å²) in [6, 6.07) is 7.77. The molecule has 0 spiro atoms. The largest absolute Gasteiger partial charge is 0.388 e. The van der Waals surface area contributed by atoms with Crippen molar-refractivity contribution in [3.05, 3.63) is 41.5 Å². The number of fused-ring (bicyclic) bond motifs is 3. The molecule has 2 atom stereocenters. The van der Waals surface area contributed by atoms with E-state index in [1.807, 2.05) is 24.3 Å². The van der Waals surface area contributed by atoms with Crippen LogP contribution in [0.3, 0.4) is 0 Å². The minimum atomic E-state index is -0.483. The molecule has 1 N–H and O–H groups in total. The molecule has 0 saturated carbocycles.